The maximum absolute atomic E-state index is 13.4. The normalized spacial score (nSPS) is 16.1. The average molecular weight is 525 g/mol. The van der Waals surface area contributed by atoms with E-state index in [1.165, 1.54) is 29.9 Å². The molecule has 1 saturated heterocycles. The quantitative estimate of drug-likeness (QED) is 0.330. The van der Waals surface area contributed by atoms with Gasteiger partial charge in [-0.25, -0.2) is 14.4 Å². The summed E-state index contributed by atoms with van der Waals surface area (Å²) in [7, 11) is 4.12. The van der Waals surface area contributed by atoms with Crippen molar-refractivity contribution >= 4 is 43.7 Å². The molecule has 36 heavy (non-hydrogen) atoms. The van der Waals surface area contributed by atoms with Crippen molar-refractivity contribution in [3.05, 3.63) is 40.7 Å². The number of fused-ring (bicyclic) bond motifs is 1. The van der Waals surface area contributed by atoms with Gasteiger partial charge in [-0.2, -0.15) is 9.78 Å². The van der Waals surface area contributed by atoms with Crippen LogP contribution < -0.4 is 9.80 Å². The maximum atomic E-state index is 13.4. The largest absolute Gasteiger partial charge is 0.345 e. The van der Waals surface area contributed by atoms with E-state index in [1.54, 1.807) is 23.5 Å². The van der Waals surface area contributed by atoms with E-state index in [-0.39, 0.29) is 5.82 Å². The standard InChI is InChI=1S/C25H29FN8S2/c1-5-19-22(32(4)23-29-21(20(14-27)35-23)16-9-11-17(26)12-10-16)34-24(28-19)36-25(30-34)33-13-7-8-18(15-33)31(3)6-2/h9-12,18H,5-8,13,15H2,1-4H3. The number of halogens is 1. The Morgan fingerprint density at radius 1 is 1.17 bits per heavy atom. The Balaban J connectivity index is 1.50. The molecule has 0 radical (unpaired) electrons. The molecule has 3 aromatic heterocycles. The lowest BCUT2D eigenvalue weighted by atomic mass is 10.1. The number of thiazole rings is 1. The molecule has 1 aromatic carbocycles. The molecule has 4 aromatic rings. The van der Waals surface area contributed by atoms with Crippen LogP contribution in [0.2, 0.25) is 0 Å². The zero-order valence-electron chi connectivity index (χ0n) is 20.9. The number of benzene rings is 1. The summed E-state index contributed by atoms with van der Waals surface area (Å²) in [5, 5.41) is 16.4. The summed E-state index contributed by atoms with van der Waals surface area (Å²) in [6, 6.07) is 8.84. The van der Waals surface area contributed by atoms with Crippen LogP contribution in [0, 0.1) is 17.1 Å². The Bertz CT molecular complexity index is 1400. The third-order valence-electron chi connectivity index (χ3n) is 6.80. The third-order valence-corrected chi connectivity index (χ3v) is 8.81. The summed E-state index contributed by atoms with van der Waals surface area (Å²) in [5.74, 6) is 0.540. The Labute approximate surface area is 218 Å². The smallest absolute Gasteiger partial charge is 0.216 e. The van der Waals surface area contributed by atoms with Gasteiger partial charge in [0.05, 0.1) is 5.69 Å². The van der Waals surface area contributed by atoms with E-state index < -0.39 is 0 Å². The predicted octanol–water partition coefficient (Wildman–Crippen LogP) is 5.18. The van der Waals surface area contributed by atoms with Crippen LogP contribution >= 0.6 is 22.7 Å². The van der Waals surface area contributed by atoms with Gasteiger partial charge in [-0.15, -0.1) is 5.10 Å². The Morgan fingerprint density at radius 3 is 2.64 bits per heavy atom. The van der Waals surface area contributed by atoms with Crippen molar-refractivity contribution in [2.75, 3.05) is 43.5 Å². The minimum absolute atomic E-state index is 0.320. The van der Waals surface area contributed by atoms with Crippen LogP contribution in [0.3, 0.4) is 0 Å². The molecule has 0 saturated carbocycles. The first-order valence-corrected chi connectivity index (χ1v) is 13.8. The van der Waals surface area contributed by atoms with E-state index in [9.17, 15) is 9.65 Å². The lowest BCUT2D eigenvalue weighted by Crippen LogP contribution is -2.46. The third kappa shape index (κ3) is 4.45. The summed E-state index contributed by atoms with van der Waals surface area (Å²) in [4.78, 5) is 17.7. The topological polar surface area (TPSA) is 76.6 Å². The fourth-order valence-electron chi connectivity index (χ4n) is 4.64. The van der Waals surface area contributed by atoms with Gasteiger partial charge < -0.3 is 14.7 Å². The number of hydrogen-bond acceptors (Lipinski definition) is 9. The fourth-order valence-corrected chi connectivity index (χ4v) is 6.44. The molecule has 1 aliphatic rings. The number of aromatic nitrogens is 4. The number of nitriles is 1. The highest BCUT2D eigenvalue weighted by molar-refractivity contribution is 7.20. The molecule has 5 rings (SSSR count). The summed E-state index contributed by atoms with van der Waals surface area (Å²) >= 11 is 2.93. The number of anilines is 3. The second kappa shape index (κ2) is 10.1. The van der Waals surface area contributed by atoms with Crippen molar-refractivity contribution in [2.45, 2.75) is 39.2 Å². The summed E-state index contributed by atoms with van der Waals surface area (Å²) in [5.41, 5.74) is 2.20. The molecule has 1 aliphatic heterocycles. The first-order chi connectivity index (χ1) is 17.4. The Kier molecular flexibility index (Phi) is 6.92. The highest BCUT2D eigenvalue weighted by Crippen LogP contribution is 2.38. The van der Waals surface area contributed by atoms with Gasteiger partial charge in [0.15, 0.2) is 10.9 Å². The molecule has 1 unspecified atom stereocenters. The fraction of sp³-hybridized carbons (Fsp3) is 0.440. The van der Waals surface area contributed by atoms with Crippen LogP contribution in [0.4, 0.5) is 20.5 Å². The molecule has 0 bridgehead atoms. The molecule has 0 N–H and O–H groups in total. The second-order valence-corrected chi connectivity index (χ2v) is 10.9. The minimum Gasteiger partial charge on any atom is -0.345 e. The van der Waals surface area contributed by atoms with Crippen LogP contribution in [0.25, 0.3) is 16.2 Å². The average Bonchev–Trinajstić information content (AvgIpc) is 3.61. The second-order valence-electron chi connectivity index (χ2n) is 8.98. The molecule has 188 valence electrons. The highest BCUT2D eigenvalue weighted by atomic mass is 32.1. The van der Waals surface area contributed by atoms with Crippen LogP contribution in [0.1, 0.15) is 37.3 Å². The summed E-state index contributed by atoms with van der Waals surface area (Å²) in [6.07, 6.45) is 3.10. The maximum Gasteiger partial charge on any atom is 0.216 e. The monoisotopic (exact) mass is 524 g/mol. The van der Waals surface area contributed by atoms with Crippen molar-refractivity contribution in [3.63, 3.8) is 0 Å². The molecule has 0 aliphatic carbocycles. The summed E-state index contributed by atoms with van der Waals surface area (Å²) in [6.45, 7) is 7.27. The van der Waals surface area contributed by atoms with Crippen LogP contribution in [0.5, 0.6) is 0 Å². The van der Waals surface area contributed by atoms with E-state index >= 15 is 0 Å². The zero-order valence-corrected chi connectivity index (χ0v) is 22.5. The highest BCUT2D eigenvalue weighted by Gasteiger charge is 2.28. The first-order valence-electron chi connectivity index (χ1n) is 12.2. The Hall–Kier alpha value is -3.07. The minimum atomic E-state index is -0.320. The number of hydrogen-bond donors (Lipinski definition) is 0. The number of likely N-dealkylation sites (N-methyl/N-ethyl adjacent to an activating group) is 1. The van der Waals surface area contributed by atoms with Crippen LogP contribution in [0.15, 0.2) is 24.3 Å². The lowest BCUT2D eigenvalue weighted by Gasteiger charge is -2.36. The number of imidazole rings is 1. The molecule has 1 atom stereocenters. The van der Waals surface area contributed by atoms with Gasteiger partial charge >= 0.3 is 0 Å². The molecule has 11 heteroatoms. The number of piperidine rings is 1. The lowest BCUT2D eigenvalue weighted by molar-refractivity contribution is 0.225. The molecule has 4 heterocycles. The van der Waals surface area contributed by atoms with Crippen molar-refractivity contribution in [1.29, 1.82) is 5.26 Å². The van der Waals surface area contributed by atoms with Crippen LogP contribution in [-0.2, 0) is 6.42 Å². The van der Waals surface area contributed by atoms with E-state index in [0.717, 1.165) is 54.1 Å². The van der Waals surface area contributed by atoms with Gasteiger partial charge in [-0.1, -0.05) is 36.5 Å². The zero-order chi connectivity index (χ0) is 25.4. The van der Waals surface area contributed by atoms with Crippen molar-refractivity contribution in [1.82, 2.24) is 24.5 Å². The first kappa shape index (κ1) is 24.6. The van der Waals surface area contributed by atoms with Gasteiger partial charge in [0.1, 0.15) is 22.5 Å². The van der Waals surface area contributed by atoms with Crippen molar-refractivity contribution in [2.24, 2.45) is 0 Å². The molecule has 1 fully saturated rings. The van der Waals surface area contributed by atoms with E-state index in [4.69, 9.17) is 15.1 Å². The van der Waals surface area contributed by atoms with Crippen molar-refractivity contribution < 1.29 is 4.39 Å². The molecule has 0 spiro atoms. The molecule has 8 nitrogen and oxygen atoms in total. The van der Waals surface area contributed by atoms with Crippen LogP contribution in [-0.4, -0.2) is 64.3 Å². The number of rotatable bonds is 7. The van der Waals surface area contributed by atoms with E-state index in [0.29, 0.717) is 27.3 Å². The molecular weight excluding hydrogens is 495 g/mol. The van der Waals surface area contributed by atoms with Gasteiger partial charge in [0, 0.05) is 31.7 Å². The van der Waals surface area contributed by atoms with Gasteiger partial charge in [0.25, 0.3) is 0 Å². The SMILES string of the molecule is CCc1nc2sc(N3CCCC(N(C)CC)C3)nn2c1N(C)c1nc(-c2ccc(F)cc2)c(C#N)s1. The van der Waals surface area contributed by atoms with Gasteiger partial charge in [-0.3, -0.25) is 0 Å². The van der Waals surface area contributed by atoms with Gasteiger partial charge in [-0.05, 0) is 57.1 Å². The number of aryl methyl sites for hydroxylation is 1. The number of nitrogens with zero attached hydrogens (tertiary/aromatic N) is 8. The molecular formula is C25H29FN8S2. The predicted molar refractivity (Wildman–Crippen MR) is 144 cm³/mol. The van der Waals surface area contributed by atoms with E-state index in [1.807, 2.05) is 16.5 Å². The Morgan fingerprint density at radius 2 is 1.94 bits per heavy atom. The van der Waals surface area contributed by atoms with E-state index in [2.05, 4.69) is 36.8 Å². The summed E-state index contributed by atoms with van der Waals surface area (Å²) < 4.78 is 15.4. The van der Waals surface area contributed by atoms with Gasteiger partial charge in [0.2, 0.25) is 10.1 Å². The van der Waals surface area contributed by atoms with Crippen molar-refractivity contribution in [3.8, 4) is 17.3 Å². The molecule has 0 amide bonds.